The maximum atomic E-state index is 14.4. The van der Waals surface area contributed by atoms with Crippen molar-refractivity contribution in [3.8, 4) is 0 Å². The highest BCUT2D eigenvalue weighted by Gasteiger charge is 2.38. The Morgan fingerprint density at radius 3 is 2.62 bits per heavy atom. The molecule has 2 atom stereocenters. The van der Waals surface area contributed by atoms with Crippen LogP contribution in [0.3, 0.4) is 0 Å². The summed E-state index contributed by atoms with van der Waals surface area (Å²) in [5, 5.41) is 3.39. The minimum atomic E-state index is -0.400. The lowest BCUT2D eigenvalue weighted by atomic mass is 9.64. The summed E-state index contributed by atoms with van der Waals surface area (Å²) in [6.45, 7) is 7.24. The van der Waals surface area contributed by atoms with Gasteiger partial charge in [-0.25, -0.2) is 8.78 Å². The summed E-state index contributed by atoms with van der Waals surface area (Å²) >= 11 is 3.05. The Morgan fingerprint density at radius 2 is 2.00 bits per heavy atom. The van der Waals surface area contributed by atoms with Crippen LogP contribution in [-0.4, -0.2) is 6.54 Å². The second-order valence-electron chi connectivity index (χ2n) is 6.66. The molecule has 0 heterocycles. The Kier molecular flexibility index (Phi) is 5.42. The largest absolute Gasteiger partial charge is 0.310 e. The van der Waals surface area contributed by atoms with E-state index in [1.165, 1.54) is 18.6 Å². The van der Waals surface area contributed by atoms with Gasteiger partial charge >= 0.3 is 0 Å². The zero-order valence-corrected chi connectivity index (χ0v) is 14.6. The van der Waals surface area contributed by atoms with Crippen molar-refractivity contribution in [1.82, 2.24) is 5.32 Å². The number of halogens is 3. The summed E-state index contributed by atoms with van der Waals surface area (Å²) < 4.78 is 28.4. The van der Waals surface area contributed by atoms with Crippen molar-refractivity contribution in [2.75, 3.05) is 6.54 Å². The lowest BCUT2D eigenvalue weighted by Gasteiger charge is -2.43. The molecular formula is C17H24BrF2N. The van der Waals surface area contributed by atoms with Crippen molar-refractivity contribution < 1.29 is 8.78 Å². The average Bonchev–Trinajstić information content (AvgIpc) is 2.41. The van der Waals surface area contributed by atoms with Crippen LogP contribution >= 0.6 is 15.9 Å². The van der Waals surface area contributed by atoms with Gasteiger partial charge in [0.15, 0.2) is 0 Å². The Hall–Kier alpha value is -0.480. The average molecular weight is 360 g/mol. The summed E-state index contributed by atoms with van der Waals surface area (Å²) in [4.78, 5) is 0. The SMILES string of the molecule is CCNC(c1cc(F)c(Br)cc1F)C1CCCCC1(C)C. The molecule has 1 aliphatic carbocycles. The predicted octanol–water partition coefficient (Wildman–Crippen LogP) is 5.59. The fourth-order valence-corrected chi connectivity index (χ4v) is 3.92. The number of hydrogen-bond acceptors (Lipinski definition) is 1. The molecule has 1 fully saturated rings. The van der Waals surface area contributed by atoms with Crippen LogP contribution in [0.15, 0.2) is 16.6 Å². The van der Waals surface area contributed by atoms with E-state index >= 15 is 0 Å². The molecule has 1 nitrogen and oxygen atoms in total. The molecule has 2 rings (SSSR count). The van der Waals surface area contributed by atoms with Crippen molar-refractivity contribution in [1.29, 1.82) is 0 Å². The van der Waals surface area contributed by atoms with Crippen LogP contribution in [-0.2, 0) is 0 Å². The van der Waals surface area contributed by atoms with Crippen LogP contribution in [0.5, 0.6) is 0 Å². The van der Waals surface area contributed by atoms with E-state index in [1.54, 1.807) is 0 Å². The first kappa shape index (κ1) is 16.9. The Balaban J connectivity index is 2.41. The minimum absolute atomic E-state index is 0.132. The summed E-state index contributed by atoms with van der Waals surface area (Å²) in [5.41, 5.74) is 0.596. The first-order chi connectivity index (χ1) is 9.86. The molecule has 1 saturated carbocycles. The standard InChI is InChI=1S/C17H24BrF2N/c1-4-21-16(12-7-5-6-8-17(12,2)3)11-9-15(20)13(18)10-14(11)19/h9-10,12,16,21H,4-8H2,1-3H3. The predicted molar refractivity (Wildman–Crippen MR) is 86.2 cm³/mol. The molecule has 2 unspecified atom stereocenters. The van der Waals surface area contributed by atoms with Crippen molar-refractivity contribution in [2.45, 2.75) is 52.5 Å². The summed E-state index contributed by atoms with van der Waals surface area (Å²) in [7, 11) is 0. The van der Waals surface area contributed by atoms with Gasteiger partial charge in [-0.1, -0.05) is 33.6 Å². The van der Waals surface area contributed by atoms with E-state index in [4.69, 9.17) is 0 Å². The zero-order valence-electron chi connectivity index (χ0n) is 13.0. The van der Waals surface area contributed by atoms with Crippen LogP contribution in [0.2, 0.25) is 0 Å². The van der Waals surface area contributed by atoms with Gasteiger partial charge in [-0.15, -0.1) is 0 Å². The molecule has 118 valence electrons. The molecule has 0 aromatic heterocycles. The molecule has 1 aliphatic rings. The normalized spacial score (nSPS) is 23.0. The number of benzene rings is 1. The van der Waals surface area contributed by atoms with Gasteiger partial charge in [-0.05, 0) is 58.8 Å². The van der Waals surface area contributed by atoms with Crippen LogP contribution in [0.1, 0.15) is 58.1 Å². The van der Waals surface area contributed by atoms with Gasteiger partial charge < -0.3 is 5.32 Å². The molecule has 0 radical (unpaired) electrons. The van der Waals surface area contributed by atoms with E-state index in [9.17, 15) is 8.78 Å². The topological polar surface area (TPSA) is 12.0 Å². The van der Waals surface area contributed by atoms with Crippen LogP contribution in [0, 0.1) is 23.0 Å². The van der Waals surface area contributed by atoms with Gasteiger partial charge in [0.05, 0.1) is 4.47 Å². The van der Waals surface area contributed by atoms with Crippen LogP contribution < -0.4 is 5.32 Å². The maximum absolute atomic E-state index is 14.4. The van der Waals surface area contributed by atoms with E-state index in [0.717, 1.165) is 25.8 Å². The summed E-state index contributed by atoms with van der Waals surface area (Å²) in [6, 6.07) is 2.45. The highest BCUT2D eigenvalue weighted by atomic mass is 79.9. The van der Waals surface area contributed by atoms with E-state index < -0.39 is 5.82 Å². The molecule has 0 amide bonds. The molecule has 0 bridgehead atoms. The van der Waals surface area contributed by atoms with Gasteiger partial charge in [-0.3, -0.25) is 0 Å². The van der Waals surface area contributed by atoms with E-state index in [-0.39, 0.29) is 21.7 Å². The fourth-order valence-electron chi connectivity index (χ4n) is 3.60. The summed E-state index contributed by atoms with van der Waals surface area (Å²) in [5.74, 6) is -0.417. The van der Waals surface area contributed by atoms with Gasteiger partial charge in [0, 0.05) is 11.6 Å². The highest BCUT2D eigenvalue weighted by Crippen LogP contribution is 2.47. The number of rotatable bonds is 4. The third-order valence-electron chi connectivity index (χ3n) is 4.79. The number of hydrogen-bond donors (Lipinski definition) is 1. The minimum Gasteiger partial charge on any atom is -0.310 e. The van der Waals surface area contributed by atoms with E-state index in [2.05, 4.69) is 35.1 Å². The Labute approximate surface area is 134 Å². The van der Waals surface area contributed by atoms with Crippen molar-refractivity contribution >= 4 is 15.9 Å². The second kappa shape index (κ2) is 6.74. The molecule has 1 N–H and O–H groups in total. The second-order valence-corrected chi connectivity index (χ2v) is 7.52. The lowest BCUT2D eigenvalue weighted by Crippen LogP contribution is -2.39. The molecule has 0 saturated heterocycles. The first-order valence-electron chi connectivity index (χ1n) is 7.74. The monoisotopic (exact) mass is 359 g/mol. The molecule has 21 heavy (non-hydrogen) atoms. The molecular weight excluding hydrogens is 336 g/mol. The third-order valence-corrected chi connectivity index (χ3v) is 5.40. The smallest absolute Gasteiger partial charge is 0.137 e. The highest BCUT2D eigenvalue weighted by molar-refractivity contribution is 9.10. The van der Waals surface area contributed by atoms with Crippen LogP contribution in [0.4, 0.5) is 8.78 Å². The Bertz CT molecular complexity index is 502. The Morgan fingerprint density at radius 1 is 1.29 bits per heavy atom. The van der Waals surface area contributed by atoms with Gasteiger partial charge in [0.1, 0.15) is 11.6 Å². The number of nitrogens with one attached hydrogen (secondary N) is 1. The molecule has 0 aliphatic heterocycles. The van der Waals surface area contributed by atoms with Gasteiger partial charge in [0.2, 0.25) is 0 Å². The van der Waals surface area contributed by atoms with E-state index in [0.29, 0.717) is 11.5 Å². The van der Waals surface area contributed by atoms with E-state index in [1.807, 2.05) is 6.92 Å². The fraction of sp³-hybridized carbons (Fsp3) is 0.647. The molecule has 0 spiro atoms. The van der Waals surface area contributed by atoms with Gasteiger partial charge in [-0.2, -0.15) is 0 Å². The first-order valence-corrected chi connectivity index (χ1v) is 8.54. The maximum Gasteiger partial charge on any atom is 0.137 e. The quantitative estimate of drug-likeness (QED) is 0.690. The van der Waals surface area contributed by atoms with Gasteiger partial charge in [0.25, 0.3) is 0 Å². The van der Waals surface area contributed by atoms with Crippen molar-refractivity contribution in [2.24, 2.45) is 11.3 Å². The lowest BCUT2D eigenvalue weighted by molar-refractivity contribution is 0.0973. The van der Waals surface area contributed by atoms with Crippen molar-refractivity contribution in [3.05, 3.63) is 33.8 Å². The van der Waals surface area contributed by atoms with Crippen LogP contribution in [0.25, 0.3) is 0 Å². The van der Waals surface area contributed by atoms with Crippen molar-refractivity contribution in [3.63, 3.8) is 0 Å². The molecule has 1 aromatic carbocycles. The molecule has 1 aromatic rings. The third kappa shape index (κ3) is 3.65. The zero-order chi connectivity index (χ0) is 15.6. The summed E-state index contributed by atoms with van der Waals surface area (Å²) in [6.07, 6.45) is 4.58. The molecule has 4 heteroatoms.